The van der Waals surface area contributed by atoms with Crippen molar-refractivity contribution in [3.63, 3.8) is 0 Å². The first-order valence-electron chi connectivity index (χ1n) is 20.3. The lowest BCUT2D eigenvalue weighted by Gasteiger charge is -2.14. The molecule has 0 spiro atoms. The molecule has 4 heterocycles. The molecule has 0 saturated carbocycles. The van der Waals surface area contributed by atoms with Crippen molar-refractivity contribution in [1.29, 1.82) is 0 Å². The zero-order valence-corrected chi connectivity index (χ0v) is 41.0. The van der Waals surface area contributed by atoms with E-state index in [1.54, 1.807) is 47.0 Å². The third-order valence-electron chi connectivity index (χ3n) is 10.5. The summed E-state index contributed by atoms with van der Waals surface area (Å²) in [5.41, 5.74) is 0. The van der Waals surface area contributed by atoms with Crippen LogP contribution in [-0.2, 0) is 38.1 Å². The van der Waals surface area contributed by atoms with Gasteiger partial charge in [0.05, 0.1) is 43.4 Å². The number of esters is 4. The first-order chi connectivity index (χ1) is 28.0. The van der Waals surface area contributed by atoms with Gasteiger partial charge < -0.3 is 18.9 Å². The molecule has 0 unspecified atom stereocenters. The van der Waals surface area contributed by atoms with Crippen LogP contribution in [0.2, 0.25) is 0 Å². The predicted molar refractivity (Wildman–Crippen MR) is 248 cm³/mol. The Morgan fingerprint density at radius 1 is 0.362 bits per heavy atom. The van der Waals surface area contributed by atoms with Crippen molar-refractivity contribution in [3.05, 3.63) is 48.7 Å². The molecule has 0 atom stereocenters. The highest BCUT2D eigenvalue weighted by Gasteiger charge is 2.39. The van der Waals surface area contributed by atoms with Crippen molar-refractivity contribution in [1.82, 2.24) is 0 Å². The lowest BCUT2D eigenvalue weighted by molar-refractivity contribution is -0.142. The standard InChI is InChI=1S/C42H54O8S8/c1-9-23(10-2)19-47-35(43)31-32(36(44)48-20-24(11-3)12-4)56-41(55-31)39-51-27-17-29-30(18-28(27)52-39)54-40(53-29)42-57-33(37(45)49-21-25(13-5)14-6)34(58-42)38(46)50-22-26(15-7)16-8/h17-18,23-26H,9-16,19-22H2,1-8H3. The lowest BCUT2D eigenvalue weighted by Crippen LogP contribution is -2.17. The van der Waals surface area contributed by atoms with Crippen molar-refractivity contribution >= 4 is 118 Å². The Kier molecular flexibility index (Phi) is 19.3. The predicted octanol–water partition coefficient (Wildman–Crippen LogP) is 13.6. The van der Waals surface area contributed by atoms with Crippen LogP contribution in [0.3, 0.4) is 0 Å². The molecule has 0 saturated heterocycles. The second-order valence-corrected chi connectivity index (χ2v) is 23.5. The average molecular weight is 943 g/mol. The van der Waals surface area contributed by atoms with Gasteiger partial charge in [0.2, 0.25) is 0 Å². The molecule has 4 aliphatic heterocycles. The van der Waals surface area contributed by atoms with Gasteiger partial charge in [-0.05, 0) is 35.8 Å². The molecule has 0 amide bonds. The van der Waals surface area contributed by atoms with Crippen LogP contribution in [0.5, 0.6) is 0 Å². The van der Waals surface area contributed by atoms with Crippen molar-refractivity contribution in [2.75, 3.05) is 26.4 Å². The number of fused-ring (bicyclic) bond motifs is 2. The zero-order valence-electron chi connectivity index (χ0n) is 34.5. The molecule has 0 N–H and O–H groups in total. The minimum absolute atomic E-state index is 0.267. The molecule has 8 nitrogen and oxygen atoms in total. The topological polar surface area (TPSA) is 105 Å². The third-order valence-corrected chi connectivity index (χ3v) is 21.7. The third kappa shape index (κ3) is 12.1. The summed E-state index contributed by atoms with van der Waals surface area (Å²) in [4.78, 5) is 59.4. The molecule has 58 heavy (non-hydrogen) atoms. The van der Waals surface area contributed by atoms with Crippen molar-refractivity contribution in [2.45, 2.75) is 126 Å². The highest BCUT2D eigenvalue weighted by Crippen LogP contribution is 2.65. The molecule has 0 radical (unpaired) electrons. The van der Waals surface area contributed by atoms with Crippen LogP contribution in [0.4, 0.5) is 0 Å². The summed E-state index contributed by atoms with van der Waals surface area (Å²) in [7, 11) is 0. The minimum atomic E-state index is -0.477. The largest absolute Gasteiger partial charge is 0.461 e. The minimum Gasteiger partial charge on any atom is -0.461 e. The van der Waals surface area contributed by atoms with Gasteiger partial charge in [0, 0.05) is 19.6 Å². The molecule has 0 aliphatic carbocycles. The molecule has 5 rings (SSSR count). The Morgan fingerprint density at radius 3 is 0.741 bits per heavy atom. The van der Waals surface area contributed by atoms with Crippen LogP contribution >= 0.6 is 94.1 Å². The fourth-order valence-electron chi connectivity index (χ4n) is 5.89. The zero-order chi connectivity index (χ0) is 41.9. The summed E-state index contributed by atoms with van der Waals surface area (Å²) in [6.45, 7) is 17.9. The van der Waals surface area contributed by atoms with Crippen LogP contribution in [-0.4, -0.2) is 50.3 Å². The maximum Gasteiger partial charge on any atom is 0.346 e. The number of benzene rings is 1. The maximum atomic E-state index is 13.5. The van der Waals surface area contributed by atoms with Gasteiger partial charge in [-0.25, -0.2) is 19.2 Å². The second kappa shape index (κ2) is 23.3. The molecule has 16 heteroatoms. The summed E-state index contributed by atoms with van der Waals surface area (Å²) < 4.78 is 26.8. The van der Waals surface area contributed by atoms with Gasteiger partial charge in [-0.3, -0.25) is 0 Å². The van der Waals surface area contributed by atoms with Gasteiger partial charge >= 0.3 is 23.9 Å². The summed E-state index contributed by atoms with van der Waals surface area (Å²) in [6.07, 6.45) is 7.27. The monoisotopic (exact) mass is 942 g/mol. The van der Waals surface area contributed by atoms with Gasteiger partial charge in [0.25, 0.3) is 0 Å². The Hall–Kier alpha value is -1.14. The number of carbonyl (C=O) groups excluding carboxylic acids is 4. The second-order valence-electron chi connectivity index (χ2n) is 14.2. The van der Waals surface area contributed by atoms with E-state index in [1.165, 1.54) is 47.0 Å². The van der Waals surface area contributed by atoms with E-state index in [2.05, 4.69) is 67.5 Å². The first kappa shape index (κ1) is 47.9. The van der Waals surface area contributed by atoms with E-state index in [4.69, 9.17) is 18.9 Å². The highest BCUT2D eigenvalue weighted by molar-refractivity contribution is 8.34. The smallest absolute Gasteiger partial charge is 0.346 e. The SMILES string of the molecule is CCC(CC)COC(=O)C1=C(C(=O)OCC(CC)CC)SC(=C2Sc3cc4c(cc3S2)SC(=C2SC(C(=O)OCC(CC)CC)=C(C(=O)OCC(CC)CC)S2)S4)S1. The summed E-state index contributed by atoms with van der Waals surface area (Å²) >= 11 is 11.7. The molecular formula is C42H54O8S8. The summed E-state index contributed by atoms with van der Waals surface area (Å²) in [5.74, 6) is -0.840. The number of carbonyl (C=O) groups is 4. The number of hydrogen-bond donors (Lipinski definition) is 0. The normalized spacial score (nSPS) is 16.5. The Balaban J connectivity index is 1.32. The van der Waals surface area contributed by atoms with Crippen LogP contribution in [0.15, 0.2) is 68.3 Å². The Labute approximate surface area is 378 Å². The van der Waals surface area contributed by atoms with E-state index in [1.807, 2.05) is 0 Å². The maximum absolute atomic E-state index is 13.5. The van der Waals surface area contributed by atoms with E-state index >= 15 is 0 Å². The van der Waals surface area contributed by atoms with Crippen LogP contribution in [0.25, 0.3) is 0 Å². The molecule has 1 aromatic carbocycles. The molecule has 4 aliphatic rings. The first-order valence-corrected chi connectivity index (χ1v) is 26.8. The molecule has 318 valence electrons. The van der Waals surface area contributed by atoms with Crippen molar-refractivity contribution < 1.29 is 38.1 Å². The highest BCUT2D eigenvalue weighted by atomic mass is 32.2. The Bertz CT molecular complexity index is 1590. The number of hydrogen-bond acceptors (Lipinski definition) is 16. The van der Waals surface area contributed by atoms with E-state index < -0.39 is 23.9 Å². The van der Waals surface area contributed by atoms with Crippen LogP contribution in [0, 0.1) is 23.7 Å². The van der Waals surface area contributed by atoms with E-state index in [0.29, 0.717) is 46.0 Å². The van der Waals surface area contributed by atoms with E-state index in [0.717, 1.165) is 87.9 Å². The molecule has 0 bridgehead atoms. The van der Waals surface area contributed by atoms with Gasteiger partial charge in [0.15, 0.2) is 0 Å². The lowest BCUT2D eigenvalue weighted by atomic mass is 10.1. The van der Waals surface area contributed by atoms with Gasteiger partial charge in [-0.2, -0.15) is 0 Å². The quantitative estimate of drug-likeness (QED) is 0.0914. The van der Waals surface area contributed by atoms with Crippen molar-refractivity contribution in [3.8, 4) is 0 Å². The van der Waals surface area contributed by atoms with E-state index in [-0.39, 0.29) is 23.7 Å². The molecule has 0 aromatic heterocycles. The molecular weight excluding hydrogens is 889 g/mol. The van der Waals surface area contributed by atoms with E-state index in [9.17, 15) is 19.2 Å². The van der Waals surface area contributed by atoms with Gasteiger partial charge in [-0.15, -0.1) is 0 Å². The molecule has 1 aromatic rings. The fraction of sp³-hybridized carbons (Fsp3) is 0.571. The number of rotatable bonds is 20. The fourth-order valence-corrected chi connectivity index (χ4v) is 16.6. The van der Waals surface area contributed by atoms with Gasteiger partial charge in [0.1, 0.15) is 19.6 Å². The van der Waals surface area contributed by atoms with Crippen LogP contribution < -0.4 is 0 Å². The summed E-state index contributed by atoms with van der Waals surface area (Å²) in [5, 5.41) is 0. The van der Waals surface area contributed by atoms with Gasteiger partial charge in [-0.1, -0.05) is 201 Å². The molecule has 0 fully saturated rings. The summed E-state index contributed by atoms with van der Waals surface area (Å²) in [6, 6.07) is 4.36. The number of thioether (sulfide) groups is 8. The Morgan fingerprint density at radius 2 is 0.552 bits per heavy atom. The van der Waals surface area contributed by atoms with Crippen molar-refractivity contribution in [2.24, 2.45) is 23.7 Å². The van der Waals surface area contributed by atoms with Crippen LogP contribution in [0.1, 0.15) is 107 Å². The average Bonchev–Trinajstić information content (AvgIpc) is 4.05. The number of ether oxygens (including phenoxy) is 4.